The fourth-order valence-electron chi connectivity index (χ4n) is 5.62. The van der Waals surface area contributed by atoms with Gasteiger partial charge in [0.1, 0.15) is 6.04 Å². The summed E-state index contributed by atoms with van der Waals surface area (Å²) in [4.78, 5) is 67.0. The summed E-state index contributed by atoms with van der Waals surface area (Å²) >= 11 is 0. The Hall–Kier alpha value is -3.52. The van der Waals surface area contributed by atoms with Crippen LogP contribution in [-0.4, -0.2) is 97.4 Å². The number of halogens is 3. The lowest BCUT2D eigenvalue weighted by Gasteiger charge is -2.38. The topological polar surface area (TPSA) is 128 Å². The minimum Gasteiger partial charge on any atom is -0.417 e. The van der Waals surface area contributed by atoms with E-state index in [4.69, 9.17) is 4.74 Å². The number of rotatable bonds is 5. The molecule has 4 amide bonds. The molecule has 0 aliphatic carbocycles. The Kier molecular flexibility index (Phi) is 7.33. The van der Waals surface area contributed by atoms with Crippen molar-refractivity contribution >= 4 is 35.3 Å². The Labute approximate surface area is 221 Å². The highest BCUT2D eigenvalue weighted by molar-refractivity contribution is 6.25. The van der Waals surface area contributed by atoms with Crippen LogP contribution in [-0.2, 0) is 14.4 Å². The molecule has 1 aromatic rings. The summed E-state index contributed by atoms with van der Waals surface area (Å²) in [5, 5.41) is 5.39. The van der Waals surface area contributed by atoms with E-state index in [1.54, 1.807) is 4.90 Å². The first-order valence-electron chi connectivity index (χ1n) is 12.9. The number of alkyl halides is 3. The average molecular weight is 552 g/mol. The summed E-state index contributed by atoms with van der Waals surface area (Å²) in [6.45, 7) is 4.88. The van der Waals surface area contributed by atoms with E-state index in [1.807, 2.05) is 0 Å². The number of imide groups is 2. The number of ether oxygens (including phenoxy) is 1. The zero-order chi connectivity index (χ0) is 27.9. The molecule has 0 radical (unpaired) electrons. The van der Waals surface area contributed by atoms with Crippen molar-refractivity contribution in [2.45, 2.75) is 37.9 Å². The number of carbonyl (C=O) groups excluding carboxylic acids is 5. The molecule has 1 aromatic carbocycles. The number of carbonyl (C=O) groups is 5. The second-order valence-electron chi connectivity index (χ2n) is 10.2. The number of fused-ring (bicyclic) bond motifs is 1. The molecule has 0 saturated carbocycles. The van der Waals surface area contributed by atoms with Crippen LogP contribution in [0, 0.1) is 5.92 Å². The van der Waals surface area contributed by atoms with E-state index in [2.05, 4.69) is 15.5 Å². The maximum atomic E-state index is 13.4. The van der Waals surface area contributed by atoms with Crippen LogP contribution >= 0.6 is 0 Å². The predicted molar refractivity (Wildman–Crippen MR) is 129 cm³/mol. The number of nitrogens with zero attached hydrogens (tertiary/aromatic N) is 3. The minimum atomic E-state index is -5.34. The Morgan fingerprint density at radius 1 is 0.974 bits per heavy atom. The molecule has 5 rings (SSSR count). The molecule has 3 saturated heterocycles. The quantitative estimate of drug-likeness (QED) is 0.308. The van der Waals surface area contributed by atoms with Gasteiger partial charge in [0, 0.05) is 39.1 Å². The molecule has 4 aliphatic rings. The molecular formula is C25H28F3N5O6. The number of esters is 1. The normalized spacial score (nSPS) is 23.2. The molecule has 39 heavy (non-hydrogen) atoms. The van der Waals surface area contributed by atoms with Crippen LogP contribution in [0.4, 0.5) is 18.9 Å². The molecule has 0 spiro atoms. The highest BCUT2D eigenvalue weighted by Gasteiger charge is 2.49. The lowest BCUT2D eigenvalue weighted by molar-refractivity contribution is -0.189. The maximum Gasteiger partial charge on any atom is 0.491 e. The number of amides is 4. The van der Waals surface area contributed by atoms with E-state index in [0.717, 1.165) is 32.5 Å². The number of nitrogens with one attached hydrogen (secondary N) is 2. The van der Waals surface area contributed by atoms with Crippen molar-refractivity contribution in [3.05, 3.63) is 23.3 Å². The second-order valence-corrected chi connectivity index (χ2v) is 10.2. The van der Waals surface area contributed by atoms with Crippen molar-refractivity contribution in [2.75, 3.05) is 50.7 Å². The molecule has 14 heteroatoms. The van der Waals surface area contributed by atoms with Crippen molar-refractivity contribution in [1.82, 2.24) is 20.4 Å². The van der Waals surface area contributed by atoms with Gasteiger partial charge in [0.2, 0.25) is 11.8 Å². The van der Waals surface area contributed by atoms with Crippen molar-refractivity contribution in [1.29, 1.82) is 0 Å². The van der Waals surface area contributed by atoms with Gasteiger partial charge >= 0.3 is 12.1 Å². The minimum absolute atomic E-state index is 0.0825. The number of anilines is 1. The summed E-state index contributed by atoms with van der Waals surface area (Å²) in [5.74, 6) is -6.01. The molecule has 1 unspecified atom stereocenters. The van der Waals surface area contributed by atoms with E-state index < -0.39 is 53.1 Å². The van der Waals surface area contributed by atoms with Crippen molar-refractivity contribution < 1.29 is 41.9 Å². The third-order valence-electron chi connectivity index (χ3n) is 7.65. The van der Waals surface area contributed by atoms with Crippen LogP contribution in [0.2, 0.25) is 0 Å². The average Bonchev–Trinajstić information content (AvgIpc) is 3.15. The van der Waals surface area contributed by atoms with Crippen molar-refractivity contribution in [3.8, 4) is 5.75 Å². The fourth-order valence-corrected chi connectivity index (χ4v) is 5.62. The Morgan fingerprint density at radius 3 is 2.31 bits per heavy atom. The Balaban J connectivity index is 1.42. The zero-order valence-corrected chi connectivity index (χ0v) is 21.0. The van der Waals surface area contributed by atoms with Gasteiger partial charge in [0.25, 0.3) is 11.8 Å². The molecule has 4 aliphatic heterocycles. The highest BCUT2D eigenvalue weighted by Crippen LogP contribution is 2.41. The van der Waals surface area contributed by atoms with Crippen LogP contribution in [0.1, 0.15) is 46.4 Å². The van der Waals surface area contributed by atoms with E-state index in [0.29, 0.717) is 37.0 Å². The molecule has 11 nitrogen and oxygen atoms in total. The van der Waals surface area contributed by atoms with Gasteiger partial charge in [-0.15, -0.1) is 0 Å². The lowest BCUT2D eigenvalue weighted by Crippen LogP contribution is -2.54. The van der Waals surface area contributed by atoms with Gasteiger partial charge in [-0.3, -0.25) is 34.3 Å². The first-order chi connectivity index (χ1) is 18.5. The summed E-state index contributed by atoms with van der Waals surface area (Å²) in [6.07, 6.45) is -3.44. The standard InChI is InChI=1S/C25H28F3N5O6/c26-25(27,28)24(38)39-20-16(32-11-9-31(10-12-32)13-14-5-7-29-8-6-14)2-1-15-19(20)23(37)33(22(15)36)17-3-4-18(34)30-21(17)35/h1-2,14,17,29H,3-13H2,(H,30,34,35). The Morgan fingerprint density at radius 2 is 1.67 bits per heavy atom. The second kappa shape index (κ2) is 10.6. The van der Waals surface area contributed by atoms with Crippen LogP contribution in [0.5, 0.6) is 5.75 Å². The predicted octanol–water partition coefficient (Wildman–Crippen LogP) is 0.677. The van der Waals surface area contributed by atoms with Gasteiger partial charge in [0.15, 0.2) is 5.75 Å². The summed E-state index contributed by atoms with van der Waals surface area (Å²) < 4.78 is 44.4. The van der Waals surface area contributed by atoms with Gasteiger partial charge in [-0.25, -0.2) is 4.79 Å². The first kappa shape index (κ1) is 27.1. The van der Waals surface area contributed by atoms with Crippen LogP contribution < -0.4 is 20.3 Å². The molecule has 0 aromatic heterocycles. The van der Waals surface area contributed by atoms with E-state index in [9.17, 15) is 37.1 Å². The van der Waals surface area contributed by atoms with Crippen molar-refractivity contribution in [3.63, 3.8) is 0 Å². The fraction of sp³-hybridized carbons (Fsp3) is 0.560. The van der Waals surface area contributed by atoms with E-state index in [1.165, 1.54) is 12.1 Å². The smallest absolute Gasteiger partial charge is 0.417 e. The van der Waals surface area contributed by atoms with Crippen LogP contribution in [0.25, 0.3) is 0 Å². The van der Waals surface area contributed by atoms with Gasteiger partial charge in [0.05, 0.1) is 16.8 Å². The first-order valence-corrected chi connectivity index (χ1v) is 12.9. The summed E-state index contributed by atoms with van der Waals surface area (Å²) in [7, 11) is 0. The third kappa shape index (κ3) is 5.35. The molecule has 2 N–H and O–H groups in total. The monoisotopic (exact) mass is 551 g/mol. The highest BCUT2D eigenvalue weighted by atomic mass is 19.4. The number of benzene rings is 1. The summed E-state index contributed by atoms with van der Waals surface area (Å²) in [5.41, 5.74) is -0.695. The lowest BCUT2D eigenvalue weighted by atomic mass is 9.97. The molecule has 0 bridgehead atoms. The van der Waals surface area contributed by atoms with Gasteiger partial charge in [-0.2, -0.15) is 13.2 Å². The third-order valence-corrected chi connectivity index (χ3v) is 7.65. The van der Waals surface area contributed by atoms with Gasteiger partial charge in [-0.1, -0.05) is 0 Å². The van der Waals surface area contributed by atoms with Crippen molar-refractivity contribution in [2.24, 2.45) is 5.92 Å². The largest absolute Gasteiger partial charge is 0.491 e. The van der Waals surface area contributed by atoms with Crippen LogP contribution in [0.3, 0.4) is 0 Å². The van der Waals surface area contributed by atoms with E-state index >= 15 is 0 Å². The van der Waals surface area contributed by atoms with Gasteiger partial charge in [-0.05, 0) is 50.4 Å². The summed E-state index contributed by atoms with van der Waals surface area (Å²) in [6, 6.07) is 1.34. The molecule has 1 atom stereocenters. The number of hydrogen-bond donors (Lipinski definition) is 2. The number of hydrogen-bond acceptors (Lipinski definition) is 9. The number of piperidine rings is 2. The van der Waals surface area contributed by atoms with Gasteiger partial charge < -0.3 is 15.0 Å². The number of piperazine rings is 1. The maximum absolute atomic E-state index is 13.4. The SMILES string of the molecule is O=C1CCC(N2C(=O)c3ccc(N4CCN(CC5CCNCC5)CC4)c(OC(=O)C(F)(F)F)c3C2=O)C(=O)N1. The molecule has 3 fully saturated rings. The molecule has 210 valence electrons. The molecule has 4 heterocycles. The zero-order valence-electron chi connectivity index (χ0n) is 21.0. The molecular weight excluding hydrogens is 523 g/mol. The Bertz CT molecular complexity index is 1210. The van der Waals surface area contributed by atoms with E-state index in [-0.39, 0.29) is 24.1 Å². The van der Waals surface area contributed by atoms with Crippen LogP contribution in [0.15, 0.2) is 12.1 Å².